The Bertz CT molecular complexity index is 379. The van der Waals surface area contributed by atoms with Crippen molar-refractivity contribution in [3.63, 3.8) is 0 Å². The van der Waals surface area contributed by atoms with Crippen LogP contribution in [0.3, 0.4) is 0 Å². The van der Waals surface area contributed by atoms with Crippen molar-refractivity contribution >= 4 is 34.7 Å². The molecule has 0 fully saturated rings. The normalized spacial score (nSPS) is 11.1. The molecule has 0 aliphatic carbocycles. The monoisotopic (exact) mass is 243 g/mol. The highest BCUT2D eigenvalue weighted by atomic mass is 35.5. The lowest BCUT2D eigenvalue weighted by molar-refractivity contribution is -0.422. The van der Waals surface area contributed by atoms with E-state index in [-0.39, 0.29) is 4.49 Å². The van der Waals surface area contributed by atoms with Crippen LogP contribution in [-0.2, 0) is 0 Å². The zero-order valence-corrected chi connectivity index (χ0v) is 10.2. The minimum atomic E-state index is 0.218. The lowest BCUT2D eigenvalue weighted by Crippen LogP contribution is -2.70. The van der Waals surface area contributed by atoms with Crippen molar-refractivity contribution < 1.29 is 4.99 Å². The smallest absolute Gasteiger partial charge is 0.244 e. The van der Waals surface area contributed by atoms with E-state index in [1.54, 1.807) is 0 Å². The molecule has 15 heavy (non-hydrogen) atoms. The number of amidine groups is 1. The van der Waals surface area contributed by atoms with E-state index < -0.39 is 0 Å². The molecule has 0 radical (unpaired) electrons. The van der Waals surface area contributed by atoms with Crippen molar-refractivity contribution in [2.45, 2.75) is 6.92 Å². The van der Waals surface area contributed by atoms with Crippen LogP contribution in [-0.4, -0.2) is 12.9 Å². The molecule has 1 rings (SSSR count). The minimum absolute atomic E-state index is 0.218. The molecule has 0 saturated heterocycles. The molecule has 0 heterocycles. The van der Waals surface area contributed by atoms with Gasteiger partial charge in [0.25, 0.3) is 0 Å². The molecule has 1 aromatic carbocycles. The summed E-state index contributed by atoms with van der Waals surface area (Å²) < 4.78 is 0.218. The van der Waals surface area contributed by atoms with E-state index >= 15 is 0 Å². The molecular formula is C11H13Cl2N2+. The third-order valence-corrected chi connectivity index (χ3v) is 2.32. The van der Waals surface area contributed by atoms with Gasteiger partial charge in [0, 0.05) is 12.5 Å². The summed E-state index contributed by atoms with van der Waals surface area (Å²) in [4.78, 5) is 2.97. The molecule has 0 spiro atoms. The Hall–Kier alpha value is -0.990. The van der Waals surface area contributed by atoms with Crippen molar-refractivity contribution in [3.8, 4) is 0 Å². The summed E-state index contributed by atoms with van der Waals surface area (Å²) in [5.74, 6) is 0.882. The molecule has 0 aliphatic rings. The van der Waals surface area contributed by atoms with E-state index in [0.717, 1.165) is 11.4 Å². The quantitative estimate of drug-likeness (QED) is 0.598. The van der Waals surface area contributed by atoms with Crippen molar-refractivity contribution in [2.24, 2.45) is 0 Å². The molecule has 0 unspecified atom stereocenters. The summed E-state index contributed by atoms with van der Waals surface area (Å²) >= 11 is 11.6. The molecule has 2 N–H and O–H groups in total. The predicted octanol–water partition coefficient (Wildman–Crippen LogP) is 1.51. The second-order valence-corrected chi connectivity index (χ2v) is 3.95. The molecule has 0 atom stereocenters. The average Bonchev–Trinajstić information content (AvgIpc) is 2.26. The Morgan fingerprint density at radius 2 is 1.80 bits per heavy atom. The molecule has 0 amide bonds. The number of nitrogens with one attached hydrogen (secondary N) is 2. The van der Waals surface area contributed by atoms with E-state index in [4.69, 9.17) is 23.2 Å². The van der Waals surface area contributed by atoms with Gasteiger partial charge in [-0.25, -0.2) is 5.32 Å². The summed E-state index contributed by atoms with van der Waals surface area (Å²) in [6, 6.07) is 9.69. The first-order valence-electron chi connectivity index (χ1n) is 4.54. The van der Waals surface area contributed by atoms with E-state index in [2.05, 4.69) is 10.3 Å². The van der Waals surface area contributed by atoms with Crippen LogP contribution in [0.1, 0.15) is 12.5 Å². The Morgan fingerprint density at radius 1 is 1.20 bits per heavy atom. The average molecular weight is 244 g/mol. The van der Waals surface area contributed by atoms with Crippen molar-refractivity contribution in [1.29, 1.82) is 0 Å². The van der Waals surface area contributed by atoms with E-state index in [0.29, 0.717) is 5.70 Å². The van der Waals surface area contributed by atoms with E-state index in [9.17, 15) is 0 Å². The minimum Gasteiger partial charge on any atom is -0.281 e. The SMILES string of the molecule is C[NH+]=C(C)NC(=C(Cl)Cl)c1ccccc1. The Kier molecular flexibility index (Phi) is 4.66. The third-order valence-electron chi connectivity index (χ3n) is 1.94. The van der Waals surface area contributed by atoms with Gasteiger partial charge in [0.2, 0.25) is 5.84 Å². The number of rotatable bonds is 2. The summed E-state index contributed by atoms with van der Waals surface area (Å²) in [5, 5.41) is 3.10. The van der Waals surface area contributed by atoms with Crippen LogP contribution in [0.4, 0.5) is 0 Å². The van der Waals surface area contributed by atoms with E-state index in [1.165, 1.54) is 0 Å². The summed E-state index contributed by atoms with van der Waals surface area (Å²) in [7, 11) is 1.83. The predicted molar refractivity (Wildman–Crippen MR) is 65.8 cm³/mol. The molecule has 1 aromatic rings. The molecular weight excluding hydrogens is 231 g/mol. The molecule has 0 bridgehead atoms. The Morgan fingerprint density at radius 3 is 2.27 bits per heavy atom. The molecule has 0 aliphatic heterocycles. The molecule has 80 valence electrons. The van der Waals surface area contributed by atoms with Crippen molar-refractivity contribution in [1.82, 2.24) is 5.32 Å². The topological polar surface area (TPSA) is 26.0 Å². The first-order chi connectivity index (χ1) is 7.15. The largest absolute Gasteiger partial charge is 0.281 e. The van der Waals surface area contributed by atoms with Crippen LogP contribution in [0.5, 0.6) is 0 Å². The van der Waals surface area contributed by atoms with Crippen molar-refractivity contribution in [2.75, 3.05) is 7.05 Å². The fourth-order valence-corrected chi connectivity index (χ4v) is 1.40. The maximum Gasteiger partial charge on any atom is 0.244 e. The second kappa shape index (κ2) is 5.79. The van der Waals surface area contributed by atoms with Crippen molar-refractivity contribution in [3.05, 3.63) is 40.4 Å². The second-order valence-electron chi connectivity index (χ2n) is 3.00. The fraction of sp³-hybridized carbons (Fsp3) is 0.182. The Labute approximate surface area is 99.6 Å². The summed E-state index contributed by atoms with van der Waals surface area (Å²) in [6.45, 7) is 1.90. The fourth-order valence-electron chi connectivity index (χ4n) is 1.08. The van der Waals surface area contributed by atoms with Gasteiger partial charge in [-0.3, -0.25) is 4.99 Å². The number of halogens is 2. The number of hydrogen-bond acceptors (Lipinski definition) is 0. The maximum absolute atomic E-state index is 5.82. The third kappa shape index (κ3) is 3.57. The first kappa shape index (κ1) is 12.1. The van der Waals surface area contributed by atoms with Gasteiger partial charge < -0.3 is 0 Å². The van der Waals surface area contributed by atoms with Gasteiger partial charge in [0.1, 0.15) is 0 Å². The summed E-state index contributed by atoms with van der Waals surface area (Å²) in [6.07, 6.45) is 0. The van der Waals surface area contributed by atoms with Crippen LogP contribution in [0.25, 0.3) is 5.70 Å². The Balaban J connectivity index is 3.02. The van der Waals surface area contributed by atoms with Gasteiger partial charge in [0.05, 0.1) is 7.05 Å². The zero-order chi connectivity index (χ0) is 11.3. The van der Waals surface area contributed by atoms with Gasteiger partial charge in [-0.15, -0.1) is 0 Å². The van der Waals surface area contributed by atoms with Crippen LogP contribution in [0.2, 0.25) is 0 Å². The van der Waals surface area contributed by atoms with Crippen LogP contribution in [0, 0.1) is 0 Å². The molecule has 0 aromatic heterocycles. The highest BCUT2D eigenvalue weighted by molar-refractivity contribution is 6.58. The van der Waals surface area contributed by atoms with Gasteiger partial charge in [-0.2, -0.15) is 0 Å². The molecule has 4 heteroatoms. The molecule has 2 nitrogen and oxygen atoms in total. The van der Waals surface area contributed by atoms with Crippen LogP contribution < -0.4 is 10.3 Å². The highest BCUT2D eigenvalue weighted by Gasteiger charge is 2.11. The lowest BCUT2D eigenvalue weighted by Gasteiger charge is -2.04. The first-order valence-corrected chi connectivity index (χ1v) is 5.29. The highest BCUT2D eigenvalue weighted by Crippen LogP contribution is 2.21. The van der Waals surface area contributed by atoms with Crippen LogP contribution in [0.15, 0.2) is 34.8 Å². The van der Waals surface area contributed by atoms with Gasteiger partial charge in [-0.05, 0) is 0 Å². The lowest BCUT2D eigenvalue weighted by atomic mass is 10.2. The van der Waals surface area contributed by atoms with Gasteiger partial charge in [0.15, 0.2) is 10.2 Å². The van der Waals surface area contributed by atoms with E-state index in [1.807, 2.05) is 44.3 Å². The number of benzene rings is 1. The molecule has 0 saturated carbocycles. The number of hydrogen-bond donors (Lipinski definition) is 2. The summed E-state index contributed by atoms with van der Waals surface area (Å²) in [5.41, 5.74) is 1.65. The van der Waals surface area contributed by atoms with Gasteiger partial charge in [-0.1, -0.05) is 53.5 Å². The van der Waals surface area contributed by atoms with Crippen LogP contribution >= 0.6 is 23.2 Å². The zero-order valence-electron chi connectivity index (χ0n) is 8.64. The maximum atomic E-state index is 5.82. The standard InChI is InChI=1S/C11H12Cl2N2/c1-8(14-2)15-10(11(12)13)9-6-4-3-5-7-9/h3-7H,1-2H3,(H,14,15)/p+1. The van der Waals surface area contributed by atoms with Gasteiger partial charge >= 0.3 is 0 Å².